The van der Waals surface area contributed by atoms with E-state index in [0.29, 0.717) is 18.0 Å². The maximum atomic E-state index is 11.5. The monoisotopic (exact) mass is 282 g/mol. The van der Waals surface area contributed by atoms with Gasteiger partial charge < -0.3 is 20.7 Å². The van der Waals surface area contributed by atoms with Gasteiger partial charge in [0.1, 0.15) is 5.75 Å². The van der Waals surface area contributed by atoms with Crippen LogP contribution in [0.1, 0.15) is 24.0 Å². The molecule has 4 N–H and O–H groups in total. The molecule has 1 aromatic carbocycles. The molecule has 1 aliphatic carbocycles. The van der Waals surface area contributed by atoms with Crippen LogP contribution in [0.15, 0.2) is 18.2 Å². The Kier molecular flexibility index (Phi) is 3.91. The lowest BCUT2D eigenvalue weighted by molar-refractivity contribution is 0.193. The van der Waals surface area contributed by atoms with Crippen LogP contribution in [-0.2, 0) is 22.3 Å². The van der Waals surface area contributed by atoms with Gasteiger partial charge in [-0.25, -0.2) is 4.79 Å². The summed E-state index contributed by atoms with van der Waals surface area (Å²) in [6, 6.07) is 5.60. The lowest BCUT2D eigenvalue weighted by atomic mass is 9.91. The summed E-state index contributed by atoms with van der Waals surface area (Å²) in [4.78, 5) is 10.6. The van der Waals surface area contributed by atoms with Crippen molar-refractivity contribution < 1.29 is 14.5 Å². The topological polar surface area (TPSA) is 98.4 Å². The van der Waals surface area contributed by atoms with Crippen molar-refractivity contribution in [2.45, 2.75) is 24.0 Å². The highest BCUT2D eigenvalue weighted by molar-refractivity contribution is 7.89. The molecule has 0 heterocycles. The molecule has 0 aromatic heterocycles. The lowest BCUT2D eigenvalue weighted by Gasteiger charge is -2.20. The number of nitrogens with one attached hydrogen (secondary N) is 1. The average molecular weight is 282 g/mol. The van der Waals surface area contributed by atoms with Crippen LogP contribution in [0, 0.1) is 0 Å². The summed E-state index contributed by atoms with van der Waals surface area (Å²) >= 11 is -0.947. The predicted molar refractivity (Wildman–Crippen MR) is 75.6 cm³/mol. The van der Waals surface area contributed by atoms with Crippen LogP contribution in [0.2, 0.25) is 0 Å². The number of benzene rings is 1. The molecule has 1 aromatic rings. The van der Waals surface area contributed by atoms with Crippen LogP contribution < -0.4 is 11.1 Å². The van der Waals surface area contributed by atoms with Crippen molar-refractivity contribution in [3.05, 3.63) is 29.3 Å². The van der Waals surface area contributed by atoms with Crippen molar-refractivity contribution in [3.63, 3.8) is 0 Å². The molecule has 0 saturated heterocycles. The van der Waals surface area contributed by atoms with E-state index in [4.69, 9.17) is 10.8 Å². The third kappa shape index (κ3) is 3.33. The van der Waals surface area contributed by atoms with Crippen molar-refractivity contribution >= 4 is 23.0 Å². The maximum Gasteiger partial charge on any atom is 0.404 e. The van der Waals surface area contributed by atoms with Crippen LogP contribution in [0.4, 0.5) is 10.5 Å². The summed E-state index contributed by atoms with van der Waals surface area (Å²) in [6.07, 6.45) is 2.53. The molecule has 1 fully saturated rings. The van der Waals surface area contributed by atoms with Gasteiger partial charge in [-0.2, -0.15) is 0 Å². The van der Waals surface area contributed by atoms with Gasteiger partial charge in [0.25, 0.3) is 0 Å². The van der Waals surface area contributed by atoms with Gasteiger partial charge in [0.15, 0.2) is 0 Å². The Bertz CT molecular complexity index is 487. The van der Waals surface area contributed by atoms with Crippen molar-refractivity contribution in [2.75, 3.05) is 18.5 Å². The first kappa shape index (κ1) is 14.0. The first-order chi connectivity index (χ1) is 8.93. The summed E-state index contributed by atoms with van der Waals surface area (Å²) < 4.78 is 11.5. The Morgan fingerprint density at radius 2 is 2.26 bits per heavy atom. The molecule has 1 saturated carbocycles. The smallest absolute Gasteiger partial charge is 0.404 e. The quantitative estimate of drug-likeness (QED) is 0.562. The molecule has 6 heteroatoms. The fourth-order valence-corrected chi connectivity index (χ4v) is 3.08. The highest BCUT2D eigenvalue weighted by atomic mass is 32.2. The highest BCUT2D eigenvalue weighted by Gasteiger charge is 2.45. The van der Waals surface area contributed by atoms with Crippen molar-refractivity contribution in [3.8, 4) is 0 Å². The number of hydrogen-bond acceptors (Lipinski definition) is 3. The van der Waals surface area contributed by atoms with E-state index in [2.05, 4.69) is 5.32 Å². The van der Waals surface area contributed by atoms with E-state index in [0.717, 1.165) is 24.0 Å². The van der Waals surface area contributed by atoms with E-state index in [-0.39, 0.29) is 5.41 Å². The normalized spacial score (nSPS) is 17.8. The number of amides is 1. The second-order valence-corrected chi connectivity index (χ2v) is 6.51. The lowest BCUT2D eigenvalue weighted by Crippen LogP contribution is -2.31. The number of anilines is 1. The Balaban J connectivity index is 2.25. The number of nitrogens with two attached hydrogens (primary N) is 1. The van der Waals surface area contributed by atoms with E-state index in [9.17, 15) is 9.35 Å². The maximum absolute atomic E-state index is 11.5. The average Bonchev–Trinajstić information content (AvgIpc) is 3.06. The largest absolute Gasteiger partial charge is 0.616 e. The first-order valence-electron chi connectivity index (χ1n) is 6.09. The minimum Gasteiger partial charge on any atom is -0.616 e. The molecule has 5 nitrogen and oxygen atoms in total. The minimum atomic E-state index is -1.01. The Morgan fingerprint density at radius 1 is 1.58 bits per heavy atom. The molecule has 0 spiro atoms. The number of carbonyl (C=O) groups is 1. The summed E-state index contributed by atoms with van der Waals surface area (Å²) in [5.74, 6) is 0.454. The van der Waals surface area contributed by atoms with Gasteiger partial charge >= 0.3 is 6.09 Å². The summed E-state index contributed by atoms with van der Waals surface area (Å²) in [6.45, 7) is 0.398. The molecule has 1 aliphatic rings. The Hall–Kier alpha value is -1.40. The molecule has 104 valence electrons. The molecule has 2 rings (SSSR count). The number of hydrogen-bond donors (Lipinski definition) is 3. The van der Waals surface area contributed by atoms with Gasteiger partial charge in [-0.3, -0.25) is 0 Å². The summed E-state index contributed by atoms with van der Waals surface area (Å²) in [5, 5.41) is 11.2. The van der Waals surface area contributed by atoms with Gasteiger partial charge in [-0.15, -0.1) is 0 Å². The Morgan fingerprint density at radius 3 is 2.79 bits per heavy atom. The van der Waals surface area contributed by atoms with Crippen molar-refractivity contribution in [1.82, 2.24) is 5.32 Å². The van der Waals surface area contributed by atoms with Crippen LogP contribution >= 0.6 is 0 Å². The second kappa shape index (κ2) is 5.30. The van der Waals surface area contributed by atoms with Crippen LogP contribution in [-0.4, -0.2) is 28.6 Å². The zero-order chi connectivity index (χ0) is 14.0. The fraction of sp³-hybridized carbons (Fsp3) is 0.462. The summed E-state index contributed by atoms with van der Waals surface area (Å²) in [7, 11) is 0. The van der Waals surface area contributed by atoms with Gasteiger partial charge in [0.05, 0.1) is 6.26 Å². The van der Waals surface area contributed by atoms with Crippen molar-refractivity contribution in [1.29, 1.82) is 0 Å². The van der Waals surface area contributed by atoms with E-state index < -0.39 is 17.3 Å². The van der Waals surface area contributed by atoms with Crippen LogP contribution in [0.25, 0.3) is 0 Å². The van der Waals surface area contributed by atoms with E-state index in [1.165, 1.54) is 0 Å². The van der Waals surface area contributed by atoms with E-state index in [1.807, 2.05) is 18.2 Å². The molecule has 0 aliphatic heterocycles. The standard InChI is InChI=1S/C13H18N2O3S/c1-19(18)7-9-6-10(14)2-3-11(9)13(4-5-13)8-15-12(16)17/h2-3,6,15H,4-5,7-8,14H2,1H3,(H,16,17). The third-order valence-corrected chi connectivity index (χ3v) is 4.21. The number of rotatable bonds is 5. The van der Waals surface area contributed by atoms with Gasteiger partial charge in [-0.1, -0.05) is 17.2 Å². The zero-order valence-corrected chi connectivity index (χ0v) is 11.6. The molecular formula is C13H18N2O3S. The molecule has 19 heavy (non-hydrogen) atoms. The fourth-order valence-electron chi connectivity index (χ4n) is 2.41. The zero-order valence-electron chi connectivity index (χ0n) is 10.8. The molecule has 0 radical (unpaired) electrons. The van der Waals surface area contributed by atoms with Gasteiger partial charge in [0, 0.05) is 23.2 Å². The SMILES string of the molecule is C[S+]([O-])Cc1cc(N)ccc1C1(CNC(=O)O)CC1. The first-order valence-corrected chi connectivity index (χ1v) is 7.81. The molecular weight excluding hydrogens is 264 g/mol. The molecule has 1 unspecified atom stereocenters. The highest BCUT2D eigenvalue weighted by Crippen LogP contribution is 2.49. The second-order valence-electron chi connectivity index (χ2n) is 5.07. The predicted octanol–water partition coefficient (Wildman–Crippen LogP) is 1.45. The van der Waals surface area contributed by atoms with E-state index in [1.54, 1.807) is 6.26 Å². The number of nitrogen functional groups attached to an aromatic ring is 1. The van der Waals surface area contributed by atoms with Gasteiger partial charge in [-0.05, 0) is 30.5 Å². The number of carboxylic acid groups (broad SMARTS) is 1. The van der Waals surface area contributed by atoms with Crippen LogP contribution in [0.5, 0.6) is 0 Å². The van der Waals surface area contributed by atoms with E-state index >= 15 is 0 Å². The Labute approximate surface area is 115 Å². The summed E-state index contributed by atoms with van der Waals surface area (Å²) in [5.41, 5.74) is 8.33. The molecule has 0 bridgehead atoms. The minimum absolute atomic E-state index is 0.138. The molecule has 1 amide bonds. The third-order valence-electron chi connectivity index (χ3n) is 3.49. The molecule has 1 atom stereocenters. The van der Waals surface area contributed by atoms with Crippen molar-refractivity contribution in [2.24, 2.45) is 0 Å². The van der Waals surface area contributed by atoms with Crippen LogP contribution in [0.3, 0.4) is 0 Å². The van der Waals surface area contributed by atoms with Gasteiger partial charge in [0.2, 0.25) is 0 Å².